The van der Waals surface area contributed by atoms with Crippen LogP contribution in [0.15, 0.2) is 59.1 Å². The maximum atomic E-state index is 13.2. The first kappa shape index (κ1) is 19.4. The zero-order valence-electron chi connectivity index (χ0n) is 18.4. The molecule has 2 aromatic carbocycles. The zero-order valence-corrected chi connectivity index (χ0v) is 18.4. The Hall–Kier alpha value is -3.34. The van der Waals surface area contributed by atoms with Crippen molar-refractivity contribution in [3.8, 4) is 11.1 Å². The van der Waals surface area contributed by atoms with Gasteiger partial charge < -0.3 is 9.26 Å². The first-order chi connectivity index (χ1) is 15.6. The summed E-state index contributed by atoms with van der Waals surface area (Å²) in [5.41, 5.74) is 8.24. The van der Waals surface area contributed by atoms with Crippen LogP contribution in [-0.4, -0.2) is 34.8 Å². The van der Waals surface area contributed by atoms with Crippen molar-refractivity contribution in [3.05, 3.63) is 82.8 Å². The van der Waals surface area contributed by atoms with Crippen LogP contribution in [-0.2, 0) is 4.74 Å². The maximum Gasteiger partial charge on any atom is 0.410 e. The topological polar surface area (TPSA) is 55.6 Å². The van der Waals surface area contributed by atoms with Crippen molar-refractivity contribution < 1.29 is 14.1 Å². The molecule has 1 aliphatic carbocycles. The third-order valence-electron chi connectivity index (χ3n) is 7.30. The number of hydrogen-bond acceptors (Lipinski definition) is 4. The summed E-state index contributed by atoms with van der Waals surface area (Å²) in [4.78, 5) is 15.2. The summed E-state index contributed by atoms with van der Waals surface area (Å²) in [5.74, 6) is 0.935. The van der Waals surface area contributed by atoms with Crippen molar-refractivity contribution in [1.29, 1.82) is 0 Å². The molecule has 1 amide bonds. The summed E-state index contributed by atoms with van der Waals surface area (Å²) in [6.07, 6.45) is 4.81. The van der Waals surface area contributed by atoms with Crippen molar-refractivity contribution in [3.63, 3.8) is 0 Å². The Balaban J connectivity index is 1.22. The highest BCUT2D eigenvalue weighted by atomic mass is 16.6. The van der Waals surface area contributed by atoms with E-state index in [-0.39, 0.29) is 24.1 Å². The van der Waals surface area contributed by atoms with E-state index in [1.54, 1.807) is 0 Å². The molecule has 6 rings (SSSR count). The normalized spacial score (nSPS) is 21.3. The predicted molar refractivity (Wildman–Crippen MR) is 122 cm³/mol. The molecule has 2 aliphatic heterocycles. The van der Waals surface area contributed by atoms with Gasteiger partial charge in [-0.2, -0.15) is 0 Å². The van der Waals surface area contributed by atoms with Gasteiger partial charge in [0.05, 0.1) is 11.7 Å². The number of ether oxygens (including phenoxy) is 1. The fourth-order valence-electron chi connectivity index (χ4n) is 5.91. The molecule has 2 unspecified atom stereocenters. The summed E-state index contributed by atoms with van der Waals surface area (Å²) in [5, 5.41) is 4.11. The van der Waals surface area contributed by atoms with Crippen molar-refractivity contribution in [2.45, 2.75) is 51.1 Å². The van der Waals surface area contributed by atoms with Gasteiger partial charge in [-0.05, 0) is 60.9 Å². The Morgan fingerprint density at radius 2 is 1.75 bits per heavy atom. The van der Waals surface area contributed by atoms with E-state index in [2.05, 4.69) is 59.8 Å². The van der Waals surface area contributed by atoms with Crippen LogP contribution in [0, 0.1) is 13.8 Å². The van der Waals surface area contributed by atoms with Crippen LogP contribution in [0.25, 0.3) is 16.7 Å². The van der Waals surface area contributed by atoms with E-state index >= 15 is 0 Å². The minimum atomic E-state index is -0.201. The highest BCUT2D eigenvalue weighted by Crippen LogP contribution is 2.45. The first-order valence-electron chi connectivity index (χ1n) is 11.4. The summed E-state index contributed by atoms with van der Waals surface area (Å²) in [6, 6.07) is 17.1. The molecule has 0 spiro atoms. The lowest BCUT2D eigenvalue weighted by atomic mass is 9.94. The average Bonchev–Trinajstić information content (AvgIpc) is 3.41. The molecule has 3 aromatic rings. The number of fused-ring (bicyclic) bond motifs is 5. The van der Waals surface area contributed by atoms with Gasteiger partial charge in [-0.15, -0.1) is 0 Å². The van der Waals surface area contributed by atoms with Gasteiger partial charge in [-0.25, -0.2) is 4.79 Å². The van der Waals surface area contributed by atoms with Crippen LogP contribution in [0.3, 0.4) is 0 Å². The van der Waals surface area contributed by atoms with Crippen molar-refractivity contribution in [1.82, 2.24) is 10.1 Å². The molecule has 1 fully saturated rings. The molecule has 0 saturated carbocycles. The molecule has 2 atom stereocenters. The van der Waals surface area contributed by atoms with E-state index in [4.69, 9.17) is 9.26 Å². The van der Waals surface area contributed by atoms with Crippen molar-refractivity contribution in [2.24, 2.45) is 0 Å². The highest BCUT2D eigenvalue weighted by Gasteiger charge is 2.42. The van der Waals surface area contributed by atoms with E-state index in [1.165, 1.54) is 27.8 Å². The molecule has 5 nitrogen and oxygen atoms in total. The second kappa shape index (κ2) is 7.37. The number of carbonyl (C=O) groups is 1. The molecule has 1 saturated heterocycles. The SMILES string of the molecule is Cc1noc(C)c1C1=CC2CCC(C1)N2C(=O)OCC1c2ccccc2-c2ccccc21. The van der Waals surface area contributed by atoms with Crippen molar-refractivity contribution >= 4 is 11.7 Å². The largest absolute Gasteiger partial charge is 0.448 e. The minimum absolute atomic E-state index is 0.0769. The van der Waals surface area contributed by atoms with E-state index in [0.29, 0.717) is 6.61 Å². The Labute approximate surface area is 187 Å². The Bertz CT molecular complexity index is 1180. The molecule has 32 heavy (non-hydrogen) atoms. The van der Waals surface area contributed by atoms with Crippen LogP contribution < -0.4 is 0 Å². The third-order valence-corrected chi connectivity index (χ3v) is 7.30. The molecule has 0 N–H and O–H groups in total. The lowest BCUT2D eigenvalue weighted by Crippen LogP contribution is -2.43. The smallest absolute Gasteiger partial charge is 0.410 e. The third kappa shape index (κ3) is 2.91. The van der Waals surface area contributed by atoms with Crippen molar-refractivity contribution in [2.75, 3.05) is 6.61 Å². The number of hydrogen-bond donors (Lipinski definition) is 0. The van der Waals surface area contributed by atoms with Crippen LogP contribution in [0.5, 0.6) is 0 Å². The molecule has 3 aliphatic rings. The number of rotatable bonds is 3. The highest BCUT2D eigenvalue weighted by molar-refractivity contribution is 5.79. The van der Waals surface area contributed by atoms with Gasteiger partial charge in [0, 0.05) is 17.5 Å². The van der Waals surface area contributed by atoms with Gasteiger partial charge in [0.1, 0.15) is 12.4 Å². The van der Waals surface area contributed by atoms with Gasteiger partial charge in [-0.1, -0.05) is 59.8 Å². The number of benzene rings is 2. The van der Waals surface area contributed by atoms with Crippen LogP contribution in [0.2, 0.25) is 0 Å². The molecule has 0 radical (unpaired) electrons. The van der Waals surface area contributed by atoms with Gasteiger partial charge in [0.2, 0.25) is 0 Å². The fraction of sp³-hybridized carbons (Fsp3) is 0.333. The second-order valence-electron chi connectivity index (χ2n) is 9.10. The van der Waals surface area contributed by atoms with Crippen LogP contribution in [0.1, 0.15) is 53.3 Å². The summed E-state index contributed by atoms with van der Waals surface area (Å²) in [7, 11) is 0. The number of amides is 1. The van der Waals surface area contributed by atoms with Gasteiger partial charge >= 0.3 is 6.09 Å². The van der Waals surface area contributed by atoms with E-state index < -0.39 is 0 Å². The lowest BCUT2D eigenvalue weighted by Gasteiger charge is -2.33. The first-order valence-corrected chi connectivity index (χ1v) is 11.4. The maximum absolute atomic E-state index is 13.2. The predicted octanol–water partition coefficient (Wildman–Crippen LogP) is 5.86. The fourth-order valence-corrected chi connectivity index (χ4v) is 5.91. The number of carbonyl (C=O) groups excluding carboxylic acids is 1. The molecule has 1 aromatic heterocycles. The van der Waals surface area contributed by atoms with Crippen LogP contribution >= 0.6 is 0 Å². The lowest BCUT2D eigenvalue weighted by molar-refractivity contribution is 0.0866. The van der Waals surface area contributed by atoms with E-state index in [0.717, 1.165) is 36.3 Å². The molecular weight excluding hydrogens is 400 g/mol. The zero-order chi connectivity index (χ0) is 21.8. The molecule has 5 heteroatoms. The average molecular weight is 427 g/mol. The number of nitrogens with zero attached hydrogens (tertiary/aromatic N) is 2. The number of aromatic nitrogens is 1. The Kier molecular flexibility index (Phi) is 4.46. The molecular formula is C27H26N2O3. The Morgan fingerprint density at radius 1 is 1.06 bits per heavy atom. The van der Waals surface area contributed by atoms with Gasteiger partial charge in [0.25, 0.3) is 0 Å². The quantitative estimate of drug-likeness (QED) is 0.526. The standard InChI is InChI=1S/C27H26N2O3/c1-16-26(17(2)32-28-16)18-13-19-11-12-20(14-18)29(19)27(30)31-15-25-23-9-5-3-7-21(23)22-8-4-6-10-24(22)25/h3-10,13,19-20,25H,11-12,14-15H2,1-2H3. The van der Waals surface area contributed by atoms with Crippen LogP contribution in [0.4, 0.5) is 4.79 Å². The molecule has 3 heterocycles. The van der Waals surface area contributed by atoms with E-state index in [9.17, 15) is 4.79 Å². The number of aryl methyl sites for hydroxylation is 2. The molecule has 162 valence electrons. The second-order valence-corrected chi connectivity index (χ2v) is 9.10. The summed E-state index contributed by atoms with van der Waals surface area (Å²) >= 11 is 0. The van der Waals surface area contributed by atoms with E-state index in [1.807, 2.05) is 18.7 Å². The molecule has 2 bridgehead atoms. The Morgan fingerprint density at radius 3 is 2.38 bits per heavy atom. The monoisotopic (exact) mass is 426 g/mol. The minimum Gasteiger partial charge on any atom is -0.448 e. The van der Waals surface area contributed by atoms with Gasteiger partial charge in [-0.3, -0.25) is 4.90 Å². The van der Waals surface area contributed by atoms with Gasteiger partial charge in [0.15, 0.2) is 0 Å². The summed E-state index contributed by atoms with van der Waals surface area (Å²) in [6.45, 7) is 4.30. The summed E-state index contributed by atoms with van der Waals surface area (Å²) < 4.78 is 11.3.